The number of hydrogen-bond donors (Lipinski definition) is 0. The number of ether oxygens (including phenoxy) is 1. The highest BCUT2D eigenvalue weighted by molar-refractivity contribution is 5.74. The molecule has 2 aliphatic heterocycles. The number of nitrogens with zero attached hydrogens (tertiary/aromatic N) is 1. The van der Waals surface area contributed by atoms with Crippen molar-refractivity contribution >= 4 is 5.97 Å². The topological polar surface area (TPSA) is 29.5 Å². The van der Waals surface area contributed by atoms with Gasteiger partial charge < -0.3 is 4.74 Å². The molecule has 0 unspecified atom stereocenters. The van der Waals surface area contributed by atoms with Crippen LogP contribution in [-0.4, -0.2) is 30.1 Å². The Hall–Kier alpha value is -1.35. The molecule has 0 bridgehead atoms. The lowest BCUT2D eigenvalue weighted by Crippen LogP contribution is -2.43. The van der Waals surface area contributed by atoms with Crippen LogP contribution in [0, 0.1) is 5.92 Å². The average Bonchev–Trinajstić information content (AvgIpc) is 2.97. The summed E-state index contributed by atoms with van der Waals surface area (Å²) < 4.78 is 5.27. The lowest BCUT2D eigenvalue weighted by atomic mass is 9.90. The molecule has 0 N–H and O–H groups in total. The standard InChI is InChI=1S/C17H23NO2/c1-13(14-7-3-2-4-8-14)18-11-5-10-16(18)15-9-6-12-20-17(15)19/h2-4,7-8,13,15-16H,5-6,9-12H2,1H3/t13-,15+,16-/m0/s1. The first kappa shape index (κ1) is 13.6. The fraction of sp³-hybridized carbons (Fsp3) is 0.588. The number of hydrogen-bond acceptors (Lipinski definition) is 3. The van der Waals surface area contributed by atoms with Crippen molar-refractivity contribution in [2.75, 3.05) is 13.2 Å². The molecular formula is C17H23NO2. The van der Waals surface area contributed by atoms with Crippen molar-refractivity contribution in [1.82, 2.24) is 4.90 Å². The summed E-state index contributed by atoms with van der Waals surface area (Å²) in [6, 6.07) is 11.3. The van der Waals surface area contributed by atoms with Crippen molar-refractivity contribution in [2.45, 2.75) is 44.7 Å². The second-order valence-electron chi connectivity index (χ2n) is 5.95. The predicted molar refractivity (Wildman–Crippen MR) is 78.3 cm³/mol. The molecule has 2 fully saturated rings. The van der Waals surface area contributed by atoms with Crippen molar-refractivity contribution in [2.24, 2.45) is 5.92 Å². The van der Waals surface area contributed by atoms with Crippen LogP contribution < -0.4 is 0 Å². The van der Waals surface area contributed by atoms with Gasteiger partial charge in [-0.2, -0.15) is 0 Å². The Morgan fingerprint density at radius 3 is 2.75 bits per heavy atom. The fourth-order valence-corrected chi connectivity index (χ4v) is 3.70. The van der Waals surface area contributed by atoms with E-state index in [1.54, 1.807) is 0 Å². The van der Waals surface area contributed by atoms with Gasteiger partial charge in [0.2, 0.25) is 0 Å². The van der Waals surface area contributed by atoms with Crippen molar-refractivity contribution in [3.63, 3.8) is 0 Å². The van der Waals surface area contributed by atoms with Gasteiger partial charge in [0.15, 0.2) is 0 Å². The Bertz CT molecular complexity index is 459. The zero-order valence-electron chi connectivity index (χ0n) is 12.1. The van der Waals surface area contributed by atoms with E-state index in [0.29, 0.717) is 18.7 Å². The molecule has 1 aromatic carbocycles. The van der Waals surface area contributed by atoms with Crippen LogP contribution in [0.4, 0.5) is 0 Å². The first-order valence-electron chi connectivity index (χ1n) is 7.74. The van der Waals surface area contributed by atoms with Gasteiger partial charge in [0.1, 0.15) is 0 Å². The van der Waals surface area contributed by atoms with Gasteiger partial charge in [-0.25, -0.2) is 0 Å². The van der Waals surface area contributed by atoms with E-state index in [1.807, 2.05) is 0 Å². The normalized spacial score (nSPS) is 29.1. The summed E-state index contributed by atoms with van der Waals surface area (Å²) in [5.74, 6) is 0.103. The third-order valence-electron chi connectivity index (χ3n) is 4.79. The SMILES string of the molecule is C[C@@H](c1ccccc1)N1CCC[C@H]1[C@H]1CCCOC1=O. The van der Waals surface area contributed by atoms with Gasteiger partial charge in [0, 0.05) is 12.1 Å². The largest absolute Gasteiger partial charge is 0.465 e. The number of rotatable bonds is 3. The molecular weight excluding hydrogens is 250 g/mol. The maximum atomic E-state index is 12.0. The van der Waals surface area contributed by atoms with Crippen LogP contribution in [0.15, 0.2) is 30.3 Å². The van der Waals surface area contributed by atoms with Gasteiger partial charge in [0.05, 0.1) is 12.5 Å². The minimum atomic E-state index is 0.0217. The molecule has 0 aromatic heterocycles. The summed E-state index contributed by atoms with van der Waals surface area (Å²) in [4.78, 5) is 14.5. The molecule has 0 saturated carbocycles. The van der Waals surface area contributed by atoms with Crippen LogP contribution in [0.5, 0.6) is 0 Å². The highest BCUT2D eigenvalue weighted by Crippen LogP contribution is 2.35. The highest BCUT2D eigenvalue weighted by atomic mass is 16.5. The molecule has 3 heteroatoms. The highest BCUT2D eigenvalue weighted by Gasteiger charge is 2.40. The number of carbonyl (C=O) groups excluding carboxylic acids is 1. The summed E-state index contributed by atoms with van der Waals surface area (Å²) in [7, 11) is 0. The first-order valence-corrected chi connectivity index (χ1v) is 7.74. The molecule has 2 saturated heterocycles. The number of cyclic esters (lactones) is 1. The van der Waals surface area contributed by atoms with Gasteiger partial charge >= 0.3 is 5.97 Å². The van der Waals surface area contributed by atoms with Crippen LogP contribution in [0.2, 0.25) is 0 Å². The quantitative estimate of drug-likeness (QED) is 0.792. The molecule has 0 spiro atoms. The van der Waals surface area contributed by atoms with E-state index in [-0.39, 0.29) is 11.9 Å². The van der Waals surface area contributed by atoms with Gasteiger partial charge in [-0.15, -0.1) is 0 Å². The van der Waals surface area contributed by atoms with Gasteiger partial charge in [-0.05, 0) is 44.7 Å². The molecule has 0 amide bonds. The van der Waals surface area contributed by atoms with Crippen molar-refractivity contribution < 1.29 is 9.53 Å². The number of carbonyl (C=O) groups is 1. The summed E-state index contributed by atoms with van der Waals surface area (Å²) in [5.41, 5.74) is 1.34. The van der Waals surface area contributed by atoms with Crippen LogP contribution in [0.1, 0.15) is 44.2 Å². The van der Waals surface area contributed by atoms with Crippen LogP contribution >= 0.6 is 0 Å². The monoisotopic (exact) mass is 273 g/mol. The van der Waals surface area contributed by atoms with Crippen molar-refractivity contribution in [3.8, 4) is 0 Å². The Morgan fingerprint density at radius 1 is 1.20 bits per heavy atom. The van der Waals surface area contributed by atoms with E-state index in [2.05, 4.69) is 42.2 Å². The molecule has 1 aromatic rings. The zero-order valence-corrected chi connectivity index (χ0v) is 12.1. The summed E-state index contributed by atoms with van der Waals surface area (Å²) in [5, 5.41) is 0. The van der Waals surface area contributed by atoms with E-state index in [9.17, 15) is 4.79 Å². The zero-order chi connectivity index (χ0) is 13.9. The lowest BCUT2D eigenvalue weighted by Gasteiger charge is -2.36. The third-order valence-corrected chi connectivity index (χ3v) is 4.79. The van der Waals surface area contributed by atoms with E-state index in [0.717, 1.165) is 25.8 Å². The maximum Gasteiger partial charge on any atom is 0.310 e. The Balaban J connectivity index is 1.76. The van der Waals surface area contributed by atoms with Crippen molar-refractivity contribution in [3.05, 3.63) is 35.9 Å². The Kier molecular flexibility index (Phi) is 4.06. The minimum Gasteiger partial charge on any atom is -0.465 e. The number of benzene rings is 1. The molecule has 0 radical (unpaired) electrons. The summed E-state index contributed by atoms with van der Waals surface area (Å²) in [6.45, 7) is 3.95. The van der Waals surface area contributed by atoms with Crippen molar-refractivity contribution in [1.29, 1.82) is 0 Å². The van der Waals surface area contributed by atoms with Crippen LogP contribution in [0.25, 0.3) is 0 Å². The van der Waals surface area contributed by atoms with E-state index < -0.39 is 0 Å². The molecule has 3 rings (SSSR count). The molecule has 108 valence electrons. The maximum absolute atomic E-state index is 12.0. The van der Waals surface area contributed by atoms with E-state index in [4.69, 9.17) is 4.74 Å². The van der Waals surface area contributed by atoms with Gasteiger partial charge in [-0.1, -0.05) is 30.3 Å². The summed E-state index contributed by atoms with van der Waals surface area (Å²) >= 11 is 0. The van der Waals surface area contributed by atoms with E-state index >= 15 is 0 Å². The second kappa shape index (κ2) is 5.96. The lowest BCUT2D eigenvalue weighted by molar-refractivity contribution is -0.155. The molecule has 2 aliphatic rings. The first-order chi connectivity index (χ1) is 9.77. The third kappa shape index (κ3) is 2.59. The van der Waals surface area contributed by atoms with E-state index in [1.165, 1.54) is 12.0 Å². The summed E-state index contributed by atoms with van der Waals surface area (Å²) in [6.07, 6.45) is 4.31. The van der Waals surface area contributed by atoms with Gasteiger partial charge in [-0.3, -0.25) is 9.69 Å². The Morgan fingerprint density at radius 2 is 2.00 bits per heavy atom. The number of likely N-dealkylation sites (tertiary alicyclic amines) is 1. The molecule has 0 aliphatic carbocycles. The van der Waals surface area contributed by atoms with Gasteiger partial charge in [0.25, 0.3) is 0 Å². The average molecular weight is 273 g/mol. The fourth-order valence-electron chi connectivity index (χ4n) is 3.70. The Labute approximate surface area is 120 Å². The van der Waals surface area contributed by atoms with Crippen LogP contribution in [-0.2, 0) is 9.53 Å². The number of esters is 1. The second-order valence-corrected chi connectivity index (χ2v) is 5.95. The minimum absolute atomic E-state index is 0.0217. The predicted octanol–water partition coefficient (Wildman–Crippen LogP) is 3.17. The molecule has 20 heavy (non-hydrogen) atoms. The smallest absolute Gasteiger partial charge is 0.310 e. The molecule has 3 nitrogen and oxygen atoms in total. The molecule has 3 atom stereocenters. The van der Waals surface area contributed by atoms with Crippen LogP contribution in [0.3, 0.4) is 0 Å². The molecule has 2 heterocycles.